The van der Waals surface area contributed by atoms with E-state index >= 15 is 0 Å². The van der Waals surface area contributed by atoms with E-state index in [4.69, 9.17) is 5.73 Å². The van der Waals surface area contributed by atoms with Crippen molar-refractivity contribution in [3.8, 4) is 12.1 Å². The first-order valence-corrected chi connectivity index (χ1v) is 10.7. The summed E-state index contributed by atoms with van der Waals surface area (Å²) in [7, 11) is 0. The Morgan fingerprint density at radius 1 is 1.22 bits per heavy atom. The summed E-state index contributed by atoms with van der Waals surface area (Å²) < 4.78 is -0.786. The van der Waals surface area contributed by atoms with Gasteiger partial charge >= 0.3 is 0 Å². The molecule has 3 rings (SSSR count). The molecule has 1 heterocycles. The average Bonchev–Trinajstić information content (AvgIpc) is 3.21. The van der Waals surface area contributed by atoms with Crippen LogP contribution in [0.15, 0.2) is 29.3 Å². The minimum atomic E-state index is -1.11. The van der Waals surface area contributed by atoms with Crippen LogP contribution in [0.4, 0.5) is 5.69 Å². The standard InChI is InChI=1S/C19H21N5OS2/c1-4-26-19(27-5-2)18(11-21)15(17(18,10-20)16(22)24-19)13-6-8-14(9-7-13)23-12(3)25/h6-9,15H,4-5H2,1-3H3,(H2,22,24)(H,23,25)/t15-,17+,18-/m1/s1. The number of amides is 1. The third-order valence-electron chi connectivity index (χ3n) is 5.17. The zero-order valence-corrected chi connectivity index (χ0v) is 17.1. The van der Waals surface area contributed by atoms with Crippen LogP contribution < -0.4 is 11.1 Å². The van der Waals surface area contributed by atoms with Crippen LogP contribution in [-0.2, 0) is 4.79 Å². The second-order valence-corrected chi connectivity index (χ2v) is 9.69. The summed E-state index contributed by atoms with van der Waals surface area (Å²) in [6.45, 7) is 5.49. The number of hydrogen-bond acceptors (Lipinski definition) is 7. The molecule has 0 spiro atoms. The summed E-state index contributed by atoms with van der Waals surface area (Å²) in [4.78, 5) is 15.9. The molecular weight excluding hydrogens is 378 g/mol. The average molecular weight is 400 g/mol. The highest BCUT2D eigenvalue weighted by Gasteiger charge is 2.91. The van der Waals surface area contributed by atoms with Gasteiger partial charge in [-0.1, -0.05) is 26.0 Å². The molecule has 27 heavy (non-hydrogen) atoms. The maximum atomic E-state index is 11.2. The van der Waals surface area contributed by atoms with Gasteiger partial charge in [0.25, 0.3) is 0 Å². The maximum absolute atomic E-state index is 11.2. The van der Waals surface area contributed by atoms with Crippen LogP contribution in [-0.4, -0.2) is 27.5 Å². The maximum Gasteiger partial charge on any atom is 0.221 e. The van der Waals surface area contributed by atoms with E-state index in [0.717, 1.165) is 17.1 Å². The SMILES string of the molecule is CCSC1(SCC)N=C(N)[C@]2(C#N)[C@@H](c3ccc(NC(C)=O)cc3)[C@@]12C#N. The Labute approximate surface area is 167 Å². The quantitative estimate of drug-likeness (QED) is 0.709. The molecule has 0 saturated heterocycles. The molecule has 140 valence electrons. The third kappa shape index (κ3) is 2.40. The second-order valence-electron chi connectivity index (χ2n) is 6.52. The zero-order chi connectivity index (χ0) is 19.9. The molecule has 0 bridgehead atoms. The fourth-order valence-corrected chi connectivity index (χ4v) is 7.46. The third-order valence-corrected chi connectivity index (χ3v) is 8.07. The molecule has 3 atom stereocenters. The molecule has 0 aromatic heterocycles. The predicted octanol–water partition coefficient (Wildman–Crippen LogP) is 3.29. The van der Waals surface area contributed by atoms with Crippen molar-refractivity contribution in [2.45, 2.75) is 30.9 Å². The molecule has 1 aliphatic carbocycles. The number of rotatable bonds is 6. The lowest BCUT2D eigenvalue weighted by Gasteiger charge is -2.31. The van der Waals surface area contributed by atoms with Crippen LogP contribution in [0, 0.1) is 33.5 Å². The molecular formula is C19H21N5OS2. The number of carbonyl (C=O) groups is 1. The number of nitrogens with two attached hydrogens (primary N) is 1. The van der Waals surface area contributed by atoms with Crippen LogP contribution in [0.2, 0.25) is 0 Å². The van der Waals surface area contributed by atoms with E-state index in [0.29, 0.717) is 5.69 Å². The monoisotopic (exact) mass is 399 g/mol. The molecule has 8 heteroatoms. The number of hydrogen-bond donors (Lipinski definition) is 2. The molecule has 0 unspecified atom stereocenters. The summed E-state index contributed by atoms with van der Waals surface area (Å²) in [5.74, 6) is 1.29. The highest BCUT2D eigenvalue weighted by atomic mass is 32.2. The minimum Gasteiger partial charge on any atom is -0.386 e. The fraction of sp³-hybridized carbons (Fsp3) is 0.474. The van der Waals surface area contributed by atoms with Crippen molar-refractivity contribution in [3.63, 3.8) is 0 Å². The molecule has 1 aliphatic heterocycles. The predicted molar refractivity (Wildman–Crippen MR) is 110 cm³/mol. The van der Waals surface area contributed by atoms with E-state index in [1.165, 1.54) is 6.92 Å². The van der Waals surface area contributed by atoms with Crippen LogP contribution >= 0.6 is 23.5 Å². The fourth-order valence-electron chi connectivity index (χ4n) is 4.21. The summed E-state index contributed by atoms with van der Waals surface area (Å²) in [6.07, 6.45) is 0. The molecule has 1 saturated carbocycles. The van der Waals surface area contributed by atoms with E-state index in [9.17, 15) is 15.3 Å². The van der Waals surface area contributed by atoms with Crippen molar-refractivity contribution in [3.05, 3.63) is 29.8 Å². The molecule has 0 radical (unpaired) electrons. The van der Waals surface area contributed by atoms with E-state index in [1.54, 1.807) is 35.7 Å². The highest BCUT2D eigenvalue weighted by Crippen LogP contribution is 2.85. The lowest BCUT2D eigenvalue weighted by molar-refractivity contribution is -0.114. The number of benzene rings is 1. The number of nitriles is 2. The van der Waals surface area contributed by atoms with Crippen LogP contribution in [0.1, 0.15) is 32.3 Å². The molecule has 1 aromatic rings. The number of nitrogens with one attached hydrogen (secondary N) is 1. The van der Waals surface area contributed by atoms with Crippen molar-refractivity contribution < 1.29 is 4.79 Å². The Morgan fingerprint density at radius 3 is 2.26 bits per heavy atom. The summed E-state index contributed by atoms with van der Waals surface area (Å²) >= 11 is 3.15. The van der Waals surface area contributed by atoms with Gasteiger partial charge < -0.3 is 11.1 Å². The Balaban J connectivity index is 2.10. The normalized spacial score (nSPS) is 29.8. The summed E-state index contributed by atoms with van der Waals surface area (Å²) in [5, 5.41) is 23.1. The summed E-state index contributed by atoms with van der Waals surface area (Å²) in [5.41, 5.74) is 5.70. The first-order valence-electron chi connectivity index (χ1n) is 8.72. The number of aliphatic imine (C=N–C) groups is 1. The van der Waals surface area contributed by atoms with Crippen LogP contribution in [0.5, 0.6) is 0 Å². The van der Waals surface area contributed by atoms with Gasteiger partial charge in [-0.2, -0.15) is 10.5 Å². The van der Waals surface area contributed by atoms with Crippen molar-refractivity contribution in [2.24, 2.45) is 21.6 Å². The smallest absolute Gasteiger partial charge is 0.221 e. The number of amidine groups is 1. The van der Waals surface area contributed by atoms with Gasteiger partial charge in [-0.3, -0.25) is 4.79 Å². The van der Waals surface area contributed by atoms with Gasteiger partial charge in [-0.15, -0.1) is 23.5 Å². The van der Waals surface area contributed by atoms with Crippen LogP contribution in [0.3, 0.4) is 0 Å². The number of nitrogens with zero attached hydrogens (tertiary/aromatic N) is 3. The number of thioether (sulfide) groups is 2. The van der Waals surface area contributed by atoms with Gasteiger partial charge in [0.2, 0.25) is 5.91 Å². The van der Waals surface area contributed by atoms with Crippen molar-refractivity contribution >= 4 is 41.0 Å². The molecule has 3 N–H and O–H groups in total. The minimum absolute atomic E-state index is 0.151. The molecule has 1 fully saturated rings. The Kier molecular flexibility index (Phi) is 4.92. The second kappa shape index (κ2) is 6.78. The number of anilines is 1. The number of fused-ring (bicyclic) bond motifs is 1. The topological polar surface area (TPSA) is 115 Å². The lowest BCUT2D eigenvalue weighted by Crippen LogP contribution is -2.31. The number of carbonyl (C=O) groups excluding carboxylic acids is 1. The van der Waals surface area contributed by atoms with E-state index in [2.05, 4.69) is 22.4 Å². The Hall–Kier alpha value is -2.16. The van der Waals surface area contributed by atoms with Crippen LogP contribution in [0.25, 0.3) is 0 Å². The highest BCUT2D eigenvalue weighted by molar-refractivity contribution is 8.18. The van der Waals surface area contributed by atoms with Gasteiger partial charge in [0.1, 0.15) is 16.7 Å². The van der Waals surface area contributed by atoms with Gasteiger partial charge in [0, 0.05) is 18.5 Å². The van der Waals surface area contributed by atoms with Crippen molar-refractivity contribution in [1.29, 1.82) is 10.5 Å². The van der Waals surface area contributed by atoms with Gasteiger partial charge in [-0.05, 0) is 29.2 Å². The largest absolute Gasteiger partial charge is 0.386 e. The van der Waals surface area contributed by atoms with Gasteiger partial charge in [0.05, 0.1) is 12.1 Å². The van der Waals surface area contributed by atoms with E-state index in [1.807, 2.05) is 26.0 Å². The van der Waals surface area contributed by atoms with E-state index in [-0.39, 0.29) is 17.7 Å². The van der Waals surface area contributed by atoms with Crippen molar-refractivity contribution in [2.75, 3.05) is 16.8 Å². The molecule has 1 aromatic carbocycles. The molecule has 2 aliphatic rings. The first-order chi connectivity index (χ1) is 12.9. The van der Waals surface area contributed by atoms with Crippen molar-refractivity contribution in [1.82, 2.24) is 0 Å². The summed E-state index contributed by atoms with van der Waals surface area (Å²) in [6, 6.07) is 12.1. The molecule has 1 amide bonds. The Bertz CT molecular complexity index is 879. The van der Waals surface area contributed by atoms with Gasteiger partial charge in [0.15, 0.2) is 4.20 Å². The zero-order valence-electron chi connectivity index (χ0n) is 15.4. The first kappa shape index (κ1) is 19.6. The molecule has 6 nitrogen and oxygen atoms in total. The van der Waals surface area contributed by atoms with Gasteiger partial charge in [-0.25, -0.2) is 4.99 Å². The lowest BCUT2D eigenvalue weighted by atomic mass is 9.97. The Morgan fingerprint density at radius 2 is 1.81 bits per heavy atom. The van der Waals surface area contributed by atoms with E-state index < -0.39 is 15.0 Å².